The number of Topliss-reactive ketones (excluding diaryl/α,β-unsaturated/α-hetero) is 1. The van der Waals surface area contributed by atoms with Gasteiger partial charge in [0.05, 0.1) is 0 Å². The molecular formula is C21H15ClO. The van der Waals surface area contributed by atoms with E-state index in [0.717, 1.165) is 16.7 Å². The normalized spacial score (nSPS) is 10.3. The molecule has 3 aromatic carbocycles. The summed E-state index contributed by atoms with van der Waals surface area (Å²) in [5.74, 6) is -0.0888. The minimum atomic E-state index is -0.0888. The summed E-state index contributed by atoms with van der Waals surface area (Å²) < 4.78 is 0. The average molecular weight is 319 g/mol. The molecule has 3 aromatic rings. The van der Waals surface area contributed by atoms with Crippen molar-refractivity contribution in [1.29, 1.82) is 0 Å². The minimum absolute atomic E-state index is 0.0888. The molecule has 112 valence electrons. The van der Waals surface area contributed by atoms with Gasteiger partial charge in [-0.2, -0.15) is 0 Å². The molecule has 0 fully saturated rings. The molecule has 0 amide bonds. The Balaban J connectivity index is 1.83. The van der Waals surface area contributed by atoms with Crippen LogP contribution in [0.2, 0.25) is 5.02 Å². The molecule has 0 saturated heterocycles. The van der Waals surface area contributed by atoms with Gasteiger partial charge in [-0.05, 0) is 41.0 Å². The van der Waals surface area contributed by atoms with Gasteiger partial charge < -0.3 is 0 Å². The quantitative estimate of drug-likeness (QED) is 0.432. The molecule has 0 aliphatic rings. The second-order valence-corrected chi connectivity index (χ2v) is 5.69. The Kier molecular flexibility index (Phi) is 4.40. The summed E-state index contributed by atoms with van der Waals surface area (Å²) in [6.07, 6.45) is 0. The van der Waals surface area contributed by atoms with Crippen LogP contribution in [-0.2, 0) is 0 Å². The molecule has 0 aliphatic carbocycles. The van der Waals surface area contributed by atoms with Crippen molar-refractivity contribution in [3.05, 3.63) is 102 Å². The van der Waals surface area contributed by atoms with E-state index in [1.165, 1.54) is 0 Å². The maximum atomic E-state index is 12.5. The van der Waals surface area contributed by atoms with E-state index in [9.17, 15) is 4.79 Å². The van der Waals surface area contributed by atoms with Gasteiger partial charge in [-0.25, -0.2) is 0 Å². The first-order valence-electron chi connectivity index (χ1n) is 7.30. The average Bonchev–Trinajstić information content (AvgIpc) is 2.62. The van der Waals surface area contributed by atoms with Gasteiger partial charge in [0.2, 0.25) is 0 Å². The second-order valence-electron chi connectivity index (χ2n) is 5.26. The highest BCUT2D eigenvalue weighted by molar-refractivity contribution is 6.31. The Labute approximate surface area is 140 Å². The Morgan fingerprint density at radius 2 is 1.22 bits per heavy atom. The third kappa shape index (κ3) is 3.41. The number of halogens is 1. The fraction of sp³-hybridized carbons (Fsp3) is 0. The van der Waals surface area contributed by atoms with Gasteiger partial charge in [0.1, 0.15) is 0 Å². The number of allylic oxidation sites excluding steroid dienone is 1. The summed E-state index contributed by atoms with van der Waals surface area (Å²) in [5, 5.41) is 0.611. The summed E-state index contributed by atoms with van der Waals surface area (Å²) in [7, 11) is 0. The molecule has 3 rings (SSSR count). The lowest BCUT2D eigenvalue weighted by Gasteiger charge is -2.07. The summed E-state index contributed by atoms with van der Waals surface area (Å²) in [6.45, 7) is 3.94. The number of benzene rings is 3. The first-order valence-corrected chi connectivity index (χ1v) is 7.68. The molecule has 0 radical (unpaired) electrons. The Bertz CT molecular complexity index is 831. The third-order valence-electron chi connectivity index (χ3n) is 3.72. The van der Waals surface area contributed by atoms with Crippen LogP contribution >= 0.6 is 11.6 Å². The van der Waals surface area contributed by atoms with Crippen LogP contribution in [0.25, 0.3) is 16.7 Å². The van der Waals surface area contributed by atoms with Gasteiger partial charge in [-0.1, -0.05) is 72.8 Å². The van der Waals surface area contributed by atoms with E-state index in [0.29, 0.717) is 16.2 Å². The zero-order valence-corrected chi connectivity index (χ0v) is 13.3. The van der Waals surface area contributed by atoms with Crippen molar-refractivity contribution < 1.29 is 4.79 Å². The zero-order chi connectivity index (χ0) is 16.2. The highest BCUT2D eigenvalue weighted by Gasteiger charge is 2.12. The van der Waals surface area contributed by atoms with E-state index in [1.807, 2.05) is 42.5 Å². The van der Waals surface area contributed by atoms with Gasteiger partial charge in [-0.3, -0.25) is 4.79 Å². The lowest BCUT2D eigenvalue weighted by Crippen LogP contribution is -2.01. The fourth-order valence-electron chi connectivity index (χ4n) is 2.40. The summed E-state index contributed by atoms with van der Waals surface area (Å²) >= 11 is 5.85. The molecule has 0 atom stereocenters. The van der Waals surface area contributed by atoms with Crippen LogP contribution < -0.4 is 0 Å². The molecule has 0 bridgehead atoms. The van der Waals surface area contributed by atoms with Crippen LogP contribution in [0.3, 0.4) is 0 Å². The fourth-order valence-corrected chi connectivity index (χ4v) is 2.53. The smallest absolute Gasteiger partial charge is 0.193 e. The largest absolute Gasteiger partial charge is 0.289 e. The van der Waals surface area contributed by atoms with Gasteiger partial charge in [0.25, 0.3) is 0 Å². The standard InChI is InChI=1S/C21H15ClO/c1-15(21(23)19-11-13-20(22)14-12-19)16-7-9-18(10-8-16)17-5-3-2-4-6-17/h2-14H,1H2. The highest BCUT2D eigenvalue weighted by atomic mass is 35.5. The highest BCUT2D eigenvalue weighted by Crippen LogP contribution is 2.24. The van der Waals surface area contributed by atoms with Crippen LogP contribution in [0.4, 0.5) is 0 Å². The van der Waals surface area contributed by atoms with Crippen LogP contribution in [-0.4, -0.2) is 5.78 Å². The van der Waals surface area contributed by atoms with E-state index in [1.54, 1.807) is 24.3 Å². The number of rotatable bonds is 4. The predicted molar refractivity (Wildman–Crippen MR) is 96.7 cm³/mol. The van der Waals surface area contributed by atoms with Crippen LogP contribution in [0.5, 0.6) is 0 Å². The topological polar surface area (TPSA) is 17.1 Å². The van der Waals surface area contributed by atoms with Crippen molar-refractivity contribution in [3.63, 3.8) is 0 Å². The first-order chi connectivity index (χ1) is 11.1. The van der Waals surface area contributed by atoms with Crippen molar-refractivity contribution in [2.24, 2.45) is 0 Å². The van der Waals surface area contributed by atoms with E-state index in [4.69, 9.17) is 11.6 Å². The van der Waals surface area contributed by atoms with Crippen molar-refractivity contribution in [2.45, 2.75) is 0 Å². The SMILES string of the molecule is C=C(C(=O)c1ccc(Cl)cc1)c1ccc(-c2ccccc2)cc1. The first kappa shape index (κ1) is 15.3. The molecule has 0 saturated carbocycles. The van der Waals surface area contributed by atoms with Crippen molar-refractivity contribution in [2.75, 3.05) is 0 Å². The molecule has 2 heteroatoms. The Hall–Kier alpha value is -2.64. The summed E-state index contributed by atoms with van der Waals surface area (Å²) in [4.78, 5) is 12.5. The van der Waals surface area contributed by atoms with E-state index in [2.05, 4.69) is 18.7 Å². The minimum Gasteiger partial charge on any atom is -0.289 e. The lowest BCUT2D eigenvalue weighted by atomic mass is 9.96. The van der Waals surface area contributed by atoms with E-state index < -0.39 is 0 Å². The van der Waals surface area contributed by atoms with Crippen molar-refractivity contribution >= 4 is 23.0 Å². The molecule has 0 spiro atoms. The zero-order valence-electron chi connectivity index (χ0n) is 12.5. The second kappa shape index (κ2) is 6.64. The molecule has 0 N–H and O–H groups in total. The van der Waals surface area contributed by atoms with Crippen molar-refractivity contribution in [3.8, 4) is 11.1 Å². The Morgan fingerprint density at radius 1 is 0.696 bits per heavy atom. The summed E-state index contributed by atoms with van der Waals surface area (Å²) in [6, 6.07) is 24.8. The predicted octanol–water partition coefficient (Wildman–Crippen LogP) is 5.90. The third-order valence-corrected chi connectivity index (χ3v) is 3.97. The van der Waals surface area contributed by atoms with Gasteiger partial charge in [-0.15, -0.1) is 0 Å². The van der Waals surface area contributed by atoms with Gasteiger partial charge in [0.15, 0.2) is 5.78 Å². The summed E-state index contributed by atoms with van der Waals surface area (Å²) in [5.41, 5.74) is 4.15. The maximum absolute atomic E-state index is 12.5. The monoisotopic (exact) mass is 318 g/mol. The van der Waals surface area contributed by atoms with Gasteiger partial charge >= 0.3 is 0 Å². The molecule has 23 heavy (non-hydrogen) atoms. The number of hydrogen-bond donors (Lipinski definition) is 0. The molecule has 0 unspecified atom stereocenters. The number of ketones is 1. The molecule has 0 aromatic heterocycles. The van der Waals surface area contributed by atoms with Gasteiger partial charge in [0, 0.05) is 16.2 Å². The molecular weight excluding hydrogens is 304 g/mol. The van der Waals surface area contributed by atoms with E-state index in [-0.39, 0.29) is 5.78 Å². The lowest BCUT2D eigenvalue weighted by molar-refractivity contribution is 0.105. The molecule has 0 aliphatic heterocycles. The van der Waals surface area contributed by atoms with E-state index >= 15 is 0 Å². The number of hydrogen-bond acceptors (Lipinski definition) is 1. The van der Waals surface area contributed by atoms with Crippen molar-refractivity contribution in [1.82, 2.24) is 0 Å². The van der Waals surface area contributed by atoms with Crippen LogP contribution in [0.15, 0.2) is 85.4 Å². The number of carbonyl (C=O) groups excluding carboxylic acids is 1. The molecule has 1 nitrogen and oxygen atoms in total. The molecule has 0 heterocycles. The van der Waals surface area contributed by atoms with Crippen LogP contribution in [0, 0.1) is 0 Å². The Morgan fingerprint density at radius 3 is 1.83 bits per heavy atom. The maximum Gasteiger partial charge on any atom is 0.193 e. The number of carbonyl (C=O) groups is 1. The van der Waals surface area contributed by atoms with Crippen LogP contribution in [0.1, 0.15) is 15.9 Å².